The number of benzene rings is 2. The first-order chi connectivity index (χ1) is 13.5. The topological polar surface area (TPSA) is 91.3 Å². The Labute approximate surface area is 162 Å². The lowest BCUT2D eigenvalue weighted by molar-refractivity contribution is -0.284. The summed E-state index contributed by atoms with van der Waals surface area (Å²) >= 11 is 0. The van der Waals surface area contributed by atoms with Crippen LogP contribution in [0, 0.1) is 0 Å². The van der Waals surface area contributed by atoms with Crippen molar-refractivity contribution in [1.82, 2.24) is 0 Å². The number of aliphatic hydroxyl groups excluding tert-OH is 1. The van der Waals surface area contributed by atoms with E-state index in [9.17, 15) is 14.7 Å². The molecule has 1 N–H and O–H groups in total. The summed E-state index contributed by atoms with van der Waals surface area (Å²) in [6.07, 6.45) is -5.19. The summed E-state index contributed by atoms with van der Waals surface area (Å²) in [5.41, 5.74) is 0.662. The van der Waals surface area contributed by atoms with Gasteiger partial charge in [-0.25, -0.2) is 9.59 Å². The molecule has 0 aliphatic carbocycles. The minimum atomic E-state index is -1.32. The average molecular weight is 386 g/mol. The molecule has 0 bridgehead atoms. The second kappa shape index (κ2) is 8.97. The van der Waals surface area contributed by atoms with Gasteiger partial charge < -0.3 is 24.1 Å². The van der Waals surface area contributed by atoms with Gasteiger partial charge in [0, 0.05) is 7.11 Å². The molecule has 2 aromatic rings. The number of aliphatic hydroxyl groups is 1. The molecule has 1 saturated heterocycles. The Balaban J connectivity index is 1.75. The van der Waals surface area contributed by atoms with Gasteiger partial charge in [0.25, 0.3) is 0 Å². The quantitative estimate of drug-likeness (QED) is 0.788. The maximum Gasteiger partial charge on any atom is 0.338 e. The Morgan fingerprint density at radius 3 is 1.79 bits per heavy atom. The molecule has 1 aliphatic heterocycles. The van der Waals surface area contributed by atoms with Gasteiger partial charge in [-0.15, -0.1) is 0 Å². The largest absolute Gasteiger partial charge is 0.453 e. The van der Waals surface area contributed by atoms with Crippen LogP contribution in [0.4, 0.5) is 0 Å². The Morgan fingerprint density at radius 2 is 1.32 bits per heavy atom. The minimum Gasteiger partial charge on any atom is -0.453 e. The van der Waals surface area contributed by atoms with Gasteiger partial charge in [0.2, 0.25) is 0 Å². The van der Waals surface area contributed by atoms with Gasteiger partial charge in [0.05, 0.1) is 17.2 Å². The normalized spacial score (nSPS) is 27.0. The van der Waals surface area contributed by atoms with E-state index in [1.807, 2.05) is 0 Å². The highest BCUT2D eigenvalue weighted by atomic mass is 16.7. The maximum atomic E-state index is 12.4. The van der Waals surface area contributed by atoms with Crippen molar-refractivity contribution in [2.45, 2.75) is 37.6 Å². The molecule has 0 aromatic heterocycles. The van der Waals surface area contributed by atoms with E-state index >= 15 is 0 Å². The van der Waals surface area contributed by atoms with E-state index in [1.54, 1.807) is 67.6 Å². The summed E-state index contributed by atoms with van der Waals surface area (Å²) in [4.78, 5) is 24.8. The van der Waals surface area contributed by atoms with Crippen molar-refractivity contribution in [1.29, 1.82) is 0 Å². The first kappa shape index (κ1) is 20.0. The zero-order chi connectivity index (χ0) is 20.1. The molecule has 7 heteroatoms. The Kier molecular flexibility index (Phi) is 6.41. The molecule has 28 heavy (non-hydrogen) atoms. The lowest BCUT2D eigenvalue weighted by atomic mass is 9.99. The molecule has 0 amide bonds. The molecule has 2 aromatic carbocycles. The molecule has 0 radical (unpaired) electrons. The van der Waals surface area contributed by atoms with E-state index < -0.39 is 42.6 Å². The Morgan fingerprint density at radius 1 is 0.857 bits per heavy atom. The summed E-state index contributed by atoms with van der Waals surface area (Å²) in [5, 5.41) is 10.8. The number of hydrogen-bond acceptors (Lipinski definition) is 7. The number of hydrogen-bond donors (Lipinski definition) is 1. The molecule has 0 spiro atoms. The van der Waals surface area contributed by atoms with Gasteiger partial charge in [0.1, 0.15) is 6.10 Å². The molecule has 148 valence electrons. The lowest BCUT2D eigenvalue weighted by Crippen LogP contribution is -2.59. The number of carbonyl (C=O) groups is 2. The summed E-state index contributed by atoms with van der Waals surface area (Å²) in [5.74, 6) is -1.25. The third-order valence-electron chi connectivity index (χ3n) is 4.49. The monoisotopic (exact) mass is 386 g/mol. The highest BCUT2D eigenvalue weighted by molar-refractivity contribution is 5.90. The summed E-state index contributed by atoms with van der Waals surface area (Å²) in [6, 6.07) is 16.8. The van der Waals surface area contributed by atoms with Crippen molar-refractivity contribution in [3.63, 3.8) is 0 Å². The van der Waals surface area contributed by atoms with Crippen LogP contribution in [0.25, 0.3) is 0 Å². The fraction of sp³-hybridized carbons (Fsp3) is 0.333. The Bertz CT molecular complexity index is 793. The van der Waals surface area contributed by atoms with E-state index in [-0.39, 0.29) is 0 Å². The van der Waals surface area contributed by atoms with Gasteiger partial charge in [-0.1, -0.05) is 36.4 Å². The maximum absolute atomic E-state index is 12.4. The first-order valence-corrected chi connectivity index (χ1v) is 8.89. The van der Waals surface area contributed by atoms with Gasteiger partial charge in [-0.05, 0) is 31.2 Å². The first-order valence-electron chi connectivity index (χ1n) is 8.89. The van der Waals surface area contributed by atoms with Crippen molar-refractivity contribution < 1.29 is 33.6 Å². The smallest absolute Gasteiger partial charge is 0.338 e. The lowest BCUT2D eigenvalue weighted by Gasteiger charge is -2.41. The fourth-order valence-corrected chi connectivity index (χ4v) is 3.00. The molecule has 1 fully saturated rings. The van der Waals surface area contributed by atoms with E-state index in [1.165, 1.54) is 7.11 Å². The standard InChI is InChI=1S/C21H22O7/c1-13-17(27-19(23)14-9-5-3-6-10-14)16(22)18(21(25-2)26-13)28-20(24)15-11-7-4-8-12-15/h3-13,16-18,21-22H,1-2H3/t13-,16+,17-,18-,21+/m1/s1. The van der Waals surface area contributed by atoms with Gasteiger partial charge >= 0.3 is 11.9 Å². The van der Waals surface area contributed by atoms with Crippen LogP contribution in [0.2, 0.25) is 0 Å². The van der Waals surface area contributed by atoms with E-state index in [0.717, 1.165) is 0 Å². The van der Waals surface area contributed by atoms with Crippen LogP contribution in [0.5, 0.6) is 0 Å². The van der Waals surface area contributed by atoms with Crippen LogP contribution >= 0.6 is 0 Å². The molecule has 0 unspecified atom stereocenters. The number of carbonyl (C=O) groups excluding carboxylic acids is 2. The molecular weight excluding hydrogens is 364 g/mol. The molecule has 5 atom stereocenters. The molecular formula is C21H22O7. The highest BCUT2D eigenvalue weighted by Crippen LogP contribution is 2.27. The van der Waals surface area contributed by atoms with Gasteiger partial charge in [0.15, 0.2) is 18.5 Å². The zero-order valence-electron chi connectivity index (χ0n) is 15.6. The molecule has 1 aliphatic rings. The van der Waals surface area contributed by atoms with Gasteiger partial charge in [-0.3, -0.25) is 0 Å². The van der Waals surface area contributed by atoms with Crippen LogP contribution < -0.4 is 0 Å². The second-order valence-corrected chi connectivity index (χ2v) is 6.41. The van der Waals surface area contributed by atoms with Crippen LogP contribution in [-0.2, 0) is 18.9 Å². The van der Waals surface area contributed by atoms with Crippen LogP contribution in [0.3, 0.4) is 0 Å². The van der Waals surface area contributed by atoms with E-state index in [0.29, 0.717) is 11.1 Å². The van der Waals surface area contributed by atoms with Crippen molar-refractivity contribution in [2.24, 2.45) is 0 Å². The van der Waals surface area contributed by atoms with Gasteiger partial charge in [-0.2, -0.15) is 0 Å². The average Bonchev–Trinajstić information content (AvgIpc) is 2.73. The van der Waals surface area contributed by atoms with Crippen molar-refractivity contribution >= 4 is 11.9 Å². The fourth-order valence-electron chi connectivity index (χ4n) is 3.00. The molecule has 0 saturated carbocycles. The number of ether oxygens (including phenoxy) is 4. The third kappa shape index (κ3) is 4.39. The summed E-state index contributed by atoms with van der Waals surface area (Å²) in [6.45, 7) is 1.65. The van der Waals surface area contributed by atoms with Crippen LogP contribution in [-0.4, -0.2) is 54.9 Å². The van der Waals surface area contributed by atoms with E-state index in [2.05, 4.69) is 0 Å². The predicted molar refractivity (Wildman–Crippen MR) is 98.6 cm³/mol. The van der Waals surface area contributed by atoms with Crippen LogP contribution in [0.15, 0.2) is 60.7 Å². The predicted octanol–water partition coefficient (Wildman–Crippen LogP) is 2.19. The third-order valence-corrected chi connectivity index (χ3v) is 4.49. The highest BCUT2D eigenvalue weighted by Gasteiger charge is 2.48. The van der Waals surface area contributed by atoms with Crippen molar-refractivity contribution in [3.8, 4) is 0 Å². The molecule has 7 nitrogen and oxygen atoms in total. The zero-order valence-corrected chi connectivity index (χ0v) is 15.6. The SMILES string of the molecule is CO[C@H]1O[C@H](C)[C@@H](OC(=O)c2ccccc2)[C@H](O)[C@H]1OC(=O)c1ccccc1. The van der Waals surface area contributed by atoms with Crippen molar-refractivity contribution in [3.05, 3.63) is 71.8 Å². The minimum absolute atomic E-state index is 0.320. The second-order valence-electron chi connectivity index (χ2n) is 6.41. The molecule has 3 rings (SSSR count). The van der Waals surface area contributed by atoms with Crippen LogP contribution in [0.1, 0.15) is 27.6 Å². The van der Waals surface area contributed by atoms with E-state index in [4.69, 9.17) is 18.9 Å². The summed E-state index contributed by atoms with van der Waals surface area (Å²) < 4.78 is 21.8. The number of rotatable bonds is 5. The van der Waals surface area contributed by atoms with Crippen molar-refractivity contribution in [2.75, 3.05) is 7.11 Å². The summed E-state index contributed by atoms with van der Waals surface area (Å²) in [7, 11) is 1.38. The number of methoxy groups -OCH3 is 1. The number of esters is 2. The Hall–Kier alpha value is -2.74. The molecule has 1 heterocycles.